The molecule has 2 N–H and O–H groups in total. The van der Waals surface area contributed by atoms with Gasteiger partial charge in [-0.3, -0.25) is 4.98 Å². The molecule has 1 atom stereocenters. The van der Waals surface area contributed by atoms with E-state index in [1.54, 1.807) is 16.9 Å². The number of fused-ring (bicyclic) bond motifs is 1. The molecule has 130 valence electrons. The van der Waals surface area contributed by atoms with E-state index in [0.29, 0.717) is 6.54 Å². The van der Waals surface area contributed by atoms with Crippen molar-refractivity contribution < 1.29 is 5.11 Å². The van der Waals surface area contributed by atoms with Gasteiger partial charge in [-0.05, 0) is 24.6 Å². The average Bonchev–Trinajstić information content (AvgIpc) is 3.07. The largest absolute Gasteiger partial charge is 0.387 e. The Balaban J connectivity index is 1.67. The molecule has 0 saturated carbocycles. The highest BCUT2D eigenvalue weighted by molar-refractivity contribution is 5.66. The zero-order valence-corrected chi connectivity index (χ0v) is 14.4. The second-order valence-electron chi connectivity index (χ2n) is 6.13. The predicted molar refractivity (Wildman–Crippen MR) is 101 cm³/mol. The quantitative estimate of drug-likeness (QED) is 0.581. The molecular weight excluding hydrogens is 326 g/mol. The molecule has 6 nitrogen and oxygen atoms in total. The van der Waals surface area contributed by atoms with Crippen molar-refractivity contribution in [1.29, 1.82) is 0 Å². The summed E-state index contributed by atoms with van der Waals surface area (Å²) in [4.78, 5) is 8.68. The van der Waals surface area contributed by atoms with Crippen molar-refractivity contribution in [3.05, 3.63) is 78.2 Å². The van der Waals surface area contributed by atoms with Gasteiger partial charge in [0.1, 0.15) is 5.82 Å². The first-order valence-electron chi connectivity index (χ1n) is 8.45. The van der Waals surface area contributed by atoms with Crippen LogP contribution < -0.4 is 5.32 Å². The van der Waals surface area contributed by atoms with Crippen LogP contribution in [0.2, 0.25) is 0 Å². The van der Waals surface area contributed by atoms with Gasteiger partial charge < -0.3 is 10.4 Å². The van der Waals surface area contributed by atoms with Crippen LogP contribution in [0, 0.1) is 6.92 Å². The summed E-state index contributed by atoms with van der Waals surface area (Å²) in [6.45, 7) is 2.29. The number of aromatic nitrogens is 4. The smallest absolute Gasteiger partial charge is 0.158 e. The maximum atomic E-state index is 10.4. The van der Waals surface area contributed by atoms with Crippen LogP contribution >= 0.6 is 0 Å². The van der Waals surface area contributed by atoms with Gasteiger partial charge in [-0.15, -0.1) is 0 Å². The maximum Gasteiger partial charge on any atom is 0.158 e. The predicted octanol–water partition coefficient (Wildman–Crippen LogP) is 3.25. The Kier molecular flexibility index (Phi) is 4.33. The molecular formula is C20H19N5O. The highest BCUT2D eigenvalue weighted by Gasteiger charge is 2.12. The van der Waals surface area contributed by atoms with Crippen molar-refractivity contribution >= 4 is 11.5 Å². The number of nitrogens with one attached hydrogen (secondary N) is 1. The fourth-order valence-corrected chi connectivity index (χ4v) is 2.88. The number of nitrogens with zero attached hydrogens (tertiary/aromatic N) is 4. The van der Waals surface area contributed by atoms with E-state index in [2.05, 4.69) is 15.4 Å². The first-order chi connectivity index (χ1) is 12.7. The molecule has 0 spiro atoms. The van der Waals surface area contributed by atoms with E-state index in [4.69, 9.17) is 4.98 Å². The third kappa shape index (κ3) is 3.27. The fraction of sp³-hybridized carbons (Fsp3) is 0.150. The van der Waals surface area contributed by atoms with E-state index in [9.17, 15) is 5.11 Å². The number of aliphatic hydroxyl groups is 1. The van der Waals surface area contributed by atoms with Gasteiger partial charge in [0.25, 0.3) is 0 Å². The standard InChI is InChI=1S/C20H19N5O/c1-14-11-20-23-17(15-5-3-2-4-6-15)12-19(25(20)24-14)22-13-18(26)16-7-9-21-10-8-16/h2-12,18,22,26H,13H2,1H3. The van der Waals surface area contributed by atoms with Gasteiger partial charge in [0.05, 0.1) is 17.5 Å². The number of hydrogen-bond acceptors (Lipinski definition) is 5. The second-order valence-corrected chi connectivity index (χ2v) is 6.13. The van der Waals surface area contributed by atoms with Crippen molar-refractivity contribution in [3.8, 4) is 11.3 Å². The lowest BCUT2D eigenvalue weighted by molar-refractivity contribution is 0.191. The minimum atomic E-state index is -0.641. The fourth-order valence-electron chi connectivity index (χ4n) is 2.88. The lowest BCUT2D eigenvalue weighted by Crippen LogP contribution is -2.15. The summed E-state index contributed by atoms with van der Waals surface area (Å²) in [7, 11) is 0. The third-order valence-corrected chi connectivity index (χ3v) is 4.19. The van der Waals surface area contributed by atoms with Crippen LogP contribution in [0.4, 0.5) is 5.82 Å². The molecule has 3 aromatic heterocycles. The molecule has 0 bridgehead atoms. The summed E-state index contributed by atoms with van der Waals surface area (Å²) in [6, 6.07) is 17.5. The topological polar surface area (TPSA) is 75.3 Å². The van der Waals surface area contributed by atoms with Crippen LogP contribution in [0.15, 0.2) is 67.0 Å². The Hall–Kier alpha value is -3.25. The Bertz CT molecular complexity index is 1010. The van der Waals surface area contributed by atoms with Crippen molar-refractivity contribution in [3.63, 3.8) is 0 Å². The van der Waals surface area contributed by atoms with Gasteiger partial charge in [-0.2, -0.15) is 9.61 Å². The molecule has 1 unspecified atom stereocenters. The number of aliphatic hydroxyl groups excluding tert-OH is 1. The van der Waals surface area contributed by atoms with E-state index < -0.39 is 6.10 Å². The summed E-state index contributed by atoms with van der Waals surface area (Å²) < 4.78 is 1.76. The van der Waals surface area contributed by atoms with Crippen LogP contribution in [-0.2, 0) is 0 Å². The van der Waals surface area contributed by atoms with Crippen molar-refractivity contribution in [2.45, 2.75) is 13.0 Å². The van der Waals surface area contributed by atoms with E-state index in [0.717, 1.165) is 34.0 Å². The normalized spacial score (nSPS) is 12.2. The SMILES string of the molecule is Cc1cc2nc(-c3ccccc3)cc(NCC(O)c3ccncc3)n2n1. The van der Waals surface area contributed by atoms with Crippen molar-refractivity contribution in [2.75, 3.05) is 11.9 Å². The second kappa shape index (κ2) is 6.93. The van der Waals surface area contributed by atoms with E-state index >= 15 is 0 Å². The molecule has 0 aliphatic heterocycles. The van der Waals surface area contributed by atoms with Gasteiger partial charge in [0, 0.05) is 36.6 Å². The minimum absolute atomic E-state index is 0.357. The zero-order valence-electron chi connectivity index (χ0n) is 14.4. The lowest BCUT2D eigenvalue weighted by Gasteiger charge is -2.14. The molecule has 3 heterocycles. The number of anilines is 1. The lowest BCUT2D eigenvalue weighted by atomic mass is 10.1. The molecule has 0 radical (unpaired) electrons. The number of benzene rings is 1. The van der Waals surface area contributed by atoms with E-state index in [1.807, 2.05) is 61.5 Å². The average molecular weight is 345 g/mol. The first kappa shape index (κ1) is 16.2. The Labute approximate surface area is 151 Å². The van der Waals surface area contributed by atoms with Crippen LogP contribution in [-0.4, -0.2) is 31.2 Å². The maximum absolute atomic E-state index is 10.4. The molecule has 0 amide bonds. The van der Waals surface area contributed by atoms with Gasteiger partial charge in [-0.25, -0.2) is 4.98 Å². The molecule has 4 rings (SSSR count). The number of hydrogen-bond donors (Lipinski definition) is 2. The van der Waals surface area contributed by atoms with E-state index in [-0.39, 0.29) is 0 Å². The Morgan fingerprint density at radius 2 is 1.85 bits per heavy atom. The van der Waals surface area contributed by atoms with Crippen molar-refractivity contribution in [2.24, 2.45) is 0 Å². The third-order valence-electron chi connectivity index (χ3n) is 4.19. The summed E-state index contributed by atoms with van der Waals surface area (Å²) >= 11 is 0. The molecule has 6 heteroatoms. The molecule has 0 aliphatic carbocycles. The molecule has 0 saturated heterocycles. The molecule has 26 heavy (non-hydrogen) atoms. The Morgan fingerprint density at radius 3 is 2.62 bits per heavy atom. The number of rotatable bonds is 5. The van der Waals surface area contributed by atoms with Crippen LogP contribution in [0.3, 0.4) is 0 Å². The molecule has 0 aliphatic rings. The summed E-state index contributed by atoms with van der Waals surface area (Å²) in [6.07, 6.45) is 2.71. The number of pyridine rings is 1. The van der Waals surface area contributed by atoms with Gasteiger partial charge >= 0.3 is 0 Å². The Morgan fingerprint density at radius 1 is 1.08 bits per heavy atom. The molecule has 0 fully saturated rings. The van der Waals surface area contributed by atoms with Crippen LogP contribution in [0.25, 0.3) is 16.9 Å². The first-order valence-corrected chi connectivity index (χ1v) is 8.45. The zero-order chi connectivity index (χ0) is 17.9. The minimum Gasteiger partial charge on any atom is -0.387 e. The summed E-state index contributed by atoms with van der Waals surface area (Å²) in [5.41, 5.74) is 4.37. The number of aryl methyl sites for hydroxylation is 1. The highest BCUT2D eigenvalue weighted by Crippen LogP contribution is 2.23. The van der Waals surface area contributed by atoms with Crippen molar-refractivity contribution in [1.82, 2.24) is 19.6 Å². The molecule has 4 aromatic rings. The summed E-state index contributed by atoms with van der Waals surface area (Å²) in [5, 5.41) is 18.2. The molecule has 1 aromatic carbocycles. The van der Waals surface area contributed by atoms with Gasteiger partial charge in [0.2, 0.25) is 0 Å². The van der Waals surface area contributed by atoms with E-state index in [1.165, 1.54) is 0 Å². The summed E-state index contributed by atoms with van der Waals surface area (Å²) in [5.74, 6) is 0.787. The van der Waals surface area contributed by atoms with Gasteiger partial charge in [-0.1, -0.05) is 30.3 Å². The highest BCUT2D eigenvalue weighted by atomic mass is 16.3. The van der Waals surface area contributed by atoms with Crippen LogP contribution in [0.1, 0.15) is 17.4 Å². The van der Waals surface area contributed by atoms with Crippen LogP contribution in [0.5, 0.6) is 0 Å². The monoisotopic (exact) mass is 345 g/mol. The van der Waals surface area contributed by atoms with Gasteiger partial charge in [0.15, 0.2) is 5.65 Å².